The molecule has 1 heterocycles. The molecule has 1 saturated heterocycles. The number of alkyl halides is 2. The van der Waals surface area contributed by atoms with E-state index in [9.17, 15) is 13.2 Å². The summed E-state index contributed by atoms with van der Waals surface area (Å²) in [6, 6.07) is 4.09. The first-order valence-electron chi connectivity index (χ1n) is 5.46. The molecule has 0 radical (unpaired) electrons. The molecule has 0 unspecified atom stereocenters. The van der Waals surface area contributed by atoms with Crippen LogP contribution in [-0.4, -0.2) is 13.1 Å². The van der Waals surface area contributed by atoms with Crippen LogP contribution in [0.25, 0.3) is 0 Å². The topological polar surface area (TPSA) is 12.0 Å². The average Bonchev–Trinajstić information content (AvgIpc) is 2.29. The summed E-state index contributed by atoms with van der Waals surface area (Å²) in [5.74, 6) is -0.492. The zero-order chi connectivity index (χ0) is 11.5. The molecule has 1 aliphatic rings. The van der Waals surface area contributed by atoms with Crippen molar-refractivity contribution >= 4 is 0 Å². The van der Waals surface area contributed by atoms with Gasteiger partial charge >= 0.3 is 0 Å². The monoisotopic (exact) mass is 229 g/mol. The maximum absolute atomic E-state index is 13.4. The summed E-state index contributed by atoms with van der Waals surface area (Å²) < 4.78 is 38.1. The Balaban J connectivity index is 2.19. The average molecular weight is 229 g/mol. The van der Waals surface area contributed by atoms with Crippen LogP contribution in [-0.2, 0) is 0 Å². The molecule has 1 aromatic rings. The number of hydrogen-bond acceptors (Lipinski definition) is 1. The third-order valence-corrected chi connectivity index (χ3v) is 3.07. The third kappa shape index (κ3) is 2.38. The fraction of sp³-hybridized carbons (Fsp3) is 0.500. The van der Waals surface area contributed by atoms with Gasteiger partial charge in [0.1, 0.15) is 5.82 Å². The molecular weight excluding hydrogens is 215 g/mol. The van der Waals surface area contributed by atoms with Crippen LogP contribution >= 0.6 is 0 Å². The van der Waals surface area contributed by atoms with Crippen LogP contribution in [0.3, 0.4) is 0 Å². The Hall–Kier alpha value is -1.03. The summed E-state index contributed by atoms with van der Waals surface area (Å²) in [7, 11) is 0. The highest BCUT2D eigenvalue weighted by Crippen LogP contribution is 2.29. The first kappa shape index (κ1) is 11.5. The molecule has 1 aromatic carbocycles. The quantitative estimate of drug-likeness (QED) is 0.821. The van der Waals surface area contributed by atoms with Crippen molar-refractivity contribution in [1.82, 2.24) is 5.32 Å². The van der Waals surface area contributed by atoms with Crippen molar-refractivity contribution in [2.24, 2.45) is 0 Å². The lowest BCUT2D eigenvalue weighted by Crippen LogP contribution is -2.26. The number of halogens is 3. The van der Waals surface area contributed by atoms with Gasteiger partial charge in [-0.05, 0) is 43.5 Å². The van der Waals surface area contributed by atoms with E-state index in [0.29, 0.717) is 5.92 Å². The Morgan fingerprint density at radius 2 is 1.88 bits per heavy atom. The van der Waals surface area contributed by atoms with Gasteiger partial charge in [-0.1, -0.05) is 12.1 Å². The van der Waals surface area contributed by atoms with Gasteiger partial charge in [0.25, 0.3) is 6.43 Å². The van der Waals surface area contributed by atoms with Crippen molar-refractivity contribution in [2.45, 2.75) is 25.2 Å². The summed E-state index contributed by atoms with van der Waals surface area (Å²) >= 11 is 0. The van der Waals surface area contributed by atoms with Crippen LogP contribution in [0.15, 0.2) is 18.2 Å². The predicted molar refractivity (Wildman–Crippen MR) is 56.2 cm³/mol. The van der Waals surface area contributed by atoms with E-state index in [2.05, 4.69) is 5.32 Å². The summed E-state index contributed by atoms with van der Waals surface area (Å²) in [4.78, 5) is 0. The van der Waals surface area contributed by atoms with Gasteiger partial charge in [0.05, 0.1) is 5.56 Å². The van der Waals surface area contributed by atoms with Gasteiger partial charge in [-0.2, -0.15) is 0 Å². The van der Waals surface area contributed by atoms with E-state index in [1.807, 2.05) is 0 Å². The lowest BCUT2D eigenvalue weighted by molar-refractivity contribution is 0.146. The smallest absolute Gasteiger partial charge is 0.266 e. The van der Waals surface area contributed by atoms with Gasteiger partial charge in [0.15, 0.2) is 0 Å². The van der Waals surface area contributed by atoms with E-state index in [4.69, 9.17) is 0 Å². The Morgan fingerprint density at radius 3 is 2.44 bits per heavy atom. The molecule has 1 N–H and O–H groups in total. The molecule has 0 aliphatic carbocycles. The zero-order valence-electron chi connectivity index (χ0n) is 8.85. The number of hydrogen-bond donors (Lipinski definition) is 1. The van der Waals surface area contributed by atoms with Crippen LogP contribution in [0, 0.1) is 5.82 Å². The minimum absolute atomic E-state index is 0.294. The standard InChI is InChI=1S/C12H14F3N/c13-11-7-9(1-2-10(11)12(14)15)8-3-5-16-6-4-8/h1-2,7-8,12,16H,3-6H2. The van der Waals surface area contributed by atoms with E-state index in [-0.39, 0.29) is 0 Å². The van der Waals surface area contributed by atoms with Crippen LogP contribution in [0.5, 0.6) is 0 Å². The predicted octanol–water partition coefficient (Wildman–Crippen LogP) is 3.23. The Bertz CT molecular complexity index is 359. The fourth-order valence-electron chi connectivity index (χ4n) is 2.13. The summed E-state index contributed by atoms with van der Waals surface area (Å²) in [6.45, 7) is 1.81. The SMILES string of the molecule is Fc1cc(C2CCNCC2)ccc1C(F)F. The van der Waals surface area contributed by atoms with Crippen LogP contribution < -0.4 is 5.32 Å². The van der Waals surface area contributed by atoms with Gasteiger partial charge in [-0.15, -0.1) is 0 Å². The number of rotatable bonds is 2. The molecule has 2 rings (SSSR count). The minimum atomic E-state index is -2.73. The first-order chi connectivity index (χ1) is 7.68. The molecule has 0 amide bonds. The van der Waals surface area contributed by atoms with Crippen molar-refractivity contribution in [1.29, 1.82) is 0 Å². The Labute approximate surface area is 92.7 Å². The second-order valence-electron chi connectivity index (χ2n) is 4.11. The molecular formula is C12H14F3N. The second-order valence-corrected chi connectivity index (χ2v) is 4.11. The van der Waals surface area contributed by atoms with Crippen molar-refractivity contribution in [3.63, 3.8) is 0 Å². The molecule has 1 aliphatic heterocycles. The molecule has 1 nitrogen and oxygen atoms in total. The highest BCUT2D eigenvalue weighted by molar-refractivity contribution is 5.28. The zero-order valence-corrected chi connectivity index (χ0v) is 8.85. The molecule has 1 fully saturated rings. The molecule has 0 bridgehead atoms. The maximum atomic E-state index is 13.4. The molecule has 88 valence electrons. The third-order valence-electron chi connectivity index (χ3n) is 3.07. The minimum Gasteiger partial charge on any atom is -0.317 e. The Morgan fingerprint density at radius 1 is 1.19 bits per heavy atom. The van der Waals surface area contributed by atoms with E-state index in [1.54, 1.807) is 6.07 Å². The molecule has 0 atom stereocenters. The van der Waals surface area contributed by atoms with Crippen LogP contribution in [0.1, 0.15) is 36.3 Å². The second kappa shape index (κ2) is 4.87. The van der Waals surface area contributed by atoms with Gasteiger partial charge in [-0.25, -0.2) is 13.2 Å². The number of piperidine rings is 1. The van der Waals surface area contributed by atoms with E-state index in [0.717, 1.165) is 31.5 Å². The Kier molecular flexibility index (Phi) is 3.49. The van der Waals surface area contributed by atoms with Gasteiger partial charge in [0, 0.05) is 0 Å². The van der Waals surface area contributed by atoms with Crippen molar-refractivity contribution in [2.75, 3.05) is 13.1 Å². The lowest BCUT2D eigenvalue weighted by atomic mass is 9.89. The van der Waals surface area contributed by atoms with Gasteiger partial charge in [0.2, 0.25) is 0 Å². The summed E-state index contributed by atoms with van der Waals surface area (Å²) in [6.07, 6.45) is -0.858. The molecule has 16 heavy (non-hydrogen) atoms. The normalized spacial score (nSPS) is 18.0. The molecule has 0 spiro atoms. The number of nitrogens with one attached hydrogen (secondary N) is 1. The summed E-state index contributed by atoms with van der Waals surface area (Å²) in [5, 5.41) is 3.21. The molecule has 4 heteroatoms. The molecule has 0 saturated carbocycles. The van der Waals surface area contributed by atoms with Crippen molar-refractivity contribution < 1.29 is 13.2 Å². The van der Waals surface area contributed by atoms with E-state index < -0.39 is 17.8 Å². The van der Waals surface area contributed by atoms with Gasteiger partial charge in [-0.3, -0.25) is 0 Å². The van der Waals surface area contributed by atoms with Crippen molar-refractivity contribution in [3.05, 3.63) is 35.1 Å². The highest BCUT2D eigenvalue weighted by Gasteiger charge is 2.18. The fourth-order valence-corrected chi connectivity index (χ4v) is 2.13. The van der Waals surface area contributed by atoms with Gasteiger partial charge < -0.3 is 5.32 Å². The highest BCUT2D eigenvalue weighted by atomic mass is 19.3. The first-order valence-corrected chi connectivity index (χ1v) is 5.46. The van der Waals surface area contributed by atoms with Crippen LogP contribution in [0.2, 0.25) is 0 Å². The molecule has 0 aromatic heterocycles. The lowest BCUT2D eigenvalue weighted by Gasteiger charge is -2.23. The van der Waals surface area contributed by atoms with E-state index >= 15 is 0 Å². The van der Waals surface area contributed by atoms with E-state index in [1.165, 1.54) is 12.1 Å². The number of benzene rings is 1. The largest absolute Gasteiger partial charge is 0.317 e. The maximum Gasteiger partial charge on any atom is 0.266 e. The van der Waals surface area contributed by atoms with Crippen molar-refractivity contribution in [3.8, 4) is 0 Å². The summed E-state index contributed by atoms with van der Waals surface area (Å²) in [5.41, 5.74) is 0.334. The van der Waals surface area contributed by atoms with Crippen LogP contribution in [0.4, 0.5) is 13.2 Å².